The molecule has 1 aliphatic rings. The van der Waals surface area contributed by atoms with Crippen LogP contribution in [0.2, 0.25) is 0 Å². The van der Waals surface area contributed by atoms with E-state index in [4.69, 9.17) is 23.2 Å². The first-order valence-corrected chi connectivity index (χ1v) is 7.08. The van der Waals surface area contributed by atoms with E-state index in [0.717, 1.165) is 0 Å². The van der Waals surface area contributed by atoms with E-state index < -0.39 is 4.92 Å². The van der Waals surface area contributed by atoms with Gasteiger partial charge in [0.25, 0.3) is 5.69 Å². The number of anilines is 1. The largest absolute Gasteiger partial charge is 0.320 e. The van der Waals surface area contributed by atoms with Crippen molar-refractivity contribution in [3.8, 4) is 0 Å². The molecule has 112 valence electrons. The minimum Gasteiger partial charge on any atom is -0.320 e. The van der Waals surface area contributed by atoms with Gasteiger partial charge in [-0.05, 0) is 23.5 Å². The first-order chi connectivity index (χ1) is 9.75. The number of hydrogen-bond donors (Lipinski definition) is 1. The number of allylic oxidation sites excluding steroid dienone is 1. The molecular weight excluding hydrogens is 315 g/mol. The van der Waals surface area contributed by atoms with Crippen molar-refractivity contribution in [2.45, 2.75) is 13.8 Å². The van der Waals surface area contributed by atoms with E-state index in [9.17, 15) is 14.9 Å². The van der Waals surface area contributed by atoms with E-state index in [1.807, 2.05) is 13.8 Å². The second kappa shape index (κ2) is 5.66. The van der Waals surface area contributed by atoms with Gasteiger partial charge in [-0.1, -0.05) is 49.2 Å². The van der Waals surface area contributed by atoms with E-state index in [-0.39, 0.29) is 39.0 Å². The lowest BCUT2D eigenvalue weighted by atomic mass is 10.1. The molecule has 1 aliphatic carbocycles. The van der Waals surface area contributed by atoms with Gasteiger partial charge in [-0.15, -0.1) is 0 Å². The van der Waals surface area contributed by atoms with Crippen LogP contribution in [0.15, 0.2) is 34.8 Å². The van der Waals surface area contributed by atoms with E-state index in [2.05, 4.69) is 5.32 Å². The van der Waals surface area contributed by atoms with Crippen LogP contribution < -0.4 is 5.32 Å². The quantitative estimate of drug-likeness (QED) is 0.667. The molecule has 0 saturated heterocycles. The Labute approximate surface area is 132 Å². The van der Waals surface area contributed by atoms with Crippen LogP contribution in [-0.2, 0) is 4.79 Å². The molecule has 2 atom stereocenters. The number of carbonyl (C=O) groups excluding carboxylic acids is 1. The highest BCUT2D eigenvalue weighted by molar-refractivity contribution is 6.55. The molecule has 0 radical (unpaired) electrons. The smallest absolute Gasteiger partial charge is 0.292 e. The number of para-hydroxylation sites is 2. The van der Waals surface area contributed by atoms with Crippen LogP contribution in [0.1, 0.15) is 13.8 Å². The molecule has 0 unspecified atom stereocenters. The molecule has 0 spiro atoms. The molecule has 1 fully saturated rings. The molecule has 0 aliphatic heterocycles. The third-order valence-electron chi connectivity index (χ3n) is 3.86. The maximum Gasteiger partial charge on any atom is 0.292 e. The van der Waals surface area contributed by atoms with Crippen molar-refractivity contribution < 1.29 is 9.72 Å². The number of nitrogens with one attached hydrogen (secondary N) is 1. The number of amides is 1. The molecular formula is C14H14Cl2N2O3. The van der Waals surface area contributed by atoms with Crippen molar-refractivity contribution in [1.29, 1.82) is 0 Å². The maximum atomic E-state index is 12.3. The third-order valence-corrected chi connectivity index (χ3v) is 4.11. The van der Waals surface area contributed by atoms with Gasteiger partial charge in [0.05, 0.1) is 10.8 Å². The monoisotopic (exact) mass is 328 g/mol. The van der Waals surface area contributed by atoms with Gasteiger partial charge >= 0.3 is 0 Å². The molecule has 5 nitrogen and oxygen atoms in total. The number of carbonyl (C=O) groups is 1. The van der Waals surface area contributed by atoms with Gasteiger partial charge in [0.2, 0.25) is 5.91 Å². The molecule has 2 rings (SSSR count). The molecule has 1 aromatic carbocycles. The van der Waals surface area contributed by atoms with Crippen molar-refractivity contribution in [1.82, 2.24) is 0 Å². The van der Waals surface area contributed by atoms with Gasteiger partial charge in [0, 0.05) is 6.07 Å². The normalized spacial score (nSPS) is 22.3. The van der Waals surface area contributed by atoms with Crippen LogP contribution in [0.3, 0.4) is 0 Å². The Balaban J connectivity index is 2.17. The Bertz CT molecular complexity index is 624. The number of hydrogen-bond acceptors (Lipinski definition) is 3. The zero-order valence-electron chi connectivity index (χ0n) is 11.5. The number of rotatable bonds is 4. The lowest BCUT2D eigenvalue weighted by Gasteiger charge is -2.06. The van der Waals surface area contributed by atoms with Crippen LogP contribution in [0.5, 0.6) is 0 Å². The minimum atomic E-state index is -0.527. The lowest BCUT2D eigenvalue weighted by molar-refractivity contribution is -0.383. The maximum absolute atomic E-state index is 12.3. The van der Waals surface area contributed by atoms with Gasteiger partial charge < -0.3 is 5.32 Å². The fourth-order valence-electron chi connectivity index (χ4n) is 2.57. The van der Waals surface area contributed by atoms with Gasteiger partial charge in [-0.2, -0.15) is 0 Å². The van der Waals surface area contributed by atoms with Crippen LogP contribution in [-0.4, -0.2) is 10.8 Å². The molecule has 1 aromatic rings. The summed E-state index contributed by atoms with van der Waals surface area (Å²) in [5.74, 6) is -0.666. The Morgan fingerprint density at radius 2 is 2.00 bits per heavy atom. The molecule has 21 heavy (non-hydrogen) atoms. The summed E-state index contributed by atoms with van der Waals surface area (Å²) in [4.78, 5) is 22.7. The predicted octanol–water partition coefficient (Wildman–Crippen LogP) is 4.12. The van der Waals surface area contributed by atoms with Gasteiger partial charge in [-0.25, -0.2) is 0 Å². The standard InChI is InChI=1S/C14H14Cl2N2O3/c1-14(2)8(7-11(15)16)12(14)13(19)17-9-5-3-4-6-10(9)18(20)21/h3-8,12H,1-2H3,(H,17,19)/t8-,12-/m0/s1. The fraction of sp³-hybridized carbons (Fsp3) is 0.357. The average Bonchev–Trinajstić information content (AvgIpc) is 2.90. The number of halogens is 2. The highest BCUT2D eigenvalue weighted by Gasteiger charge is 2.60. The molecule has 1 amide bonds. The van der Waals surface area contributed by atoms with Crippen LogP contribution >= 0.6 is 23.2 Å². The first-order valence-electron chi connectivity index (χ1n) is 6.32. The van der Waals surface area contributed by atoms with E-state index >= 15 is 0 Å². The average molecular weight is 329 g/mol. The van der Waals surface area contributed by atoms with Gasteiger partial charge in [0.1, 0.15) is 10.2 Å². The SMILES string of the molecule is CC1(C)[C@H](C(=O)Nc2ccccc2[N+](=O)[O-])[C@@H]1C=C(Cl)Cl. The summed E-state index contributed by atoms with van der Waals surface area (Å²) in [6.45, 7) is 3.85. The third kappa shape index (κ3) is 3.19. The zero-order chi connectivity index (χ0) is 15.8. The lowest BCUT2D eigenvalue weighted by Crippen LogP contribution is -2.17. The number of nitrogens with zero attached hydrogens (tertiary/aromatic N) is 1. The summed E-state index contributed by atoms with van der Waals surface area (Å²) in [7, 11) is 0. The topological polar surface area (TPSA) is 72.2 Å². The number of nitro benzene ring substituents is 1. The van der Waals surface area contributed by atoms with E-state index in [1.54, 1.807) is 18.2 Å². The first kappa shape index (κ1) is 15.8. The van der Waals surface area contributed by atoms with Crippen molar-refractivity contribution in [3.05, 3.63) is 44.9 Å². The fourth-order valence-corrected chi connectivity index (χ4v) is 2.85. The van der Waals surface area contributed by atoms with Gasteiger partial charge in [-0.3, -0.25) is 14.9 Å². The zero-order valence-corrected chi connectivity index (χ0v) is 13.0. The van der Waals surface area contributed by atoms with E-state index in [1.165, 1.54) is 12.1 Å². The second-order valence-electron chi connectivity index (χ2n) is 5.54. The van der Waals surface area contributed by atoms with Gasteiger partial charge in [0.15, 0.2) is 0 Å². The molecule has 1 saturated carbocycles. The molecule has 0 heterocycles. The molecule has 7 heteroatoms. The Morgan fingerprint density at radius 1 is 1.38 bits per heavy atom. The van der Waals surface area contributed by atoms with Crippen molar-refractivity contribution in [2.75, 3.05) is 5.32 Å². The van der Waals surface area contributed by atoms with Crippen LogP contribution in [0, 0.1) is 27.4 Å². The molecule has 0 bridgehead atoms. The summed E-state index contributed by atoms with van der Waals surface area (Å²) < 4.78 is 0.120. The second-order valence-corrected chi connectivity index (χ2v) is 6.55. The van der Waals surface area contributed by atoms with Crippen LogP contribution in [0.4, 0.5) is 11.4 Å². The Kier molecular flexibility index (Phi) is 4.25. The predicted molar refractivity (Wildman–Crippen MR) is 82.3 cm³/mol. The summed E-state index contributed by atoms with van der Waals surface area (Å²) in [6, 6.07) is 6.03. The highest BCUT2D eigenvalue weighted by atomic mass is 35.5. The molecule has 1 N–H and O–H groups in total. The Hall–Kier alpha value is -1.59. The molecule has 0 aromatic heterocycles. The Morgan fingerprint density at radius 3 is 2.57 bits per heavy atom. The highest BCUT2D eigenvalue weighted by Crippen LogP contribution is 2.60. The minimum absolute atomic E-state index is 0.0785. The van der Waals surface area contributed by atoms with Crippen LogP contribution in [0.25, 0.3) is 0 Å². The van der Waals surface area contributed by atoms with Crippen molar-refractivity contribution in [3.63, 3.8) is 0 Å². The summed E-state index contributed by atoms with van der Waals surface area (Å²) >= 11 is 11.3. The summed E-state index contributed by atoms with van der Waals surface area (Å²) in [5, 5.41) is 13.6. The van der Waals surface area contributed by atoms with Crippen molar-refractivity contribution in [2.24, 2.45) is 17.3 Å². The summed E-state index contributed by atoms with van der Waals surface area (Å²) in [6.07, 6.45) is 1.63. The van der Waals surface area contributed by atoms with Crippen molar-refractivity contribution >= 4 is 40.5 Å². The number of nitro groups is 1. The number of benzene rings is 1. The van der Waals surface area contributed by atoms with E-state index in [0.29, 0.717) is 0 Å². The summed E-state index contributed by atoms with van der Waals surface area (Å²) in [5.41, 5.74) is -0.218.